The van der Waals surface area contributed by atoms with E-state index in [1.165, 1.54) is 12.8 Å². The summed E-state index contributed by atoms with van der Waals surface area (Å²) in [6.45, 7) is 6.54. The van der Waals surface area contributed by atoms with Crippen molar-refractivity contribution < 1.29 is 14.3 Å². The zero-order chi connectivity index (χ0) is 17.4. The van der Waals surface area contributed by atoms with E-state index in [1.54, 1.807) is 0 Å². The van der Waals surface area contributed by atoms with Crippen molar-refractivity contribution in [3.63, 3.8) is 0 Å². The van der Waals surface area contributed by atoms with Gasteiger partial charge in [0, 0.05) is 38.8 Å². The molecule has 3 heterocycles. The average Bonchev–Trinajstić information content (AvgIpc) is 3.19. The van der Waals surface area contributed by atoms with Gasteiger partial charge in [0.2, 0.25) is 11.9 Å². The Morgan fingerprint density at radius 3 is 2.96 bits per heavy atom. The molecule has 8 heteroatoms. The first-order valence-electron chi connectivity index (χ1n) is 9.26. The highest BCUT2D eigenvalue weighted by Gasteiger charge is 2.53. The average molecular weight is 349 g/mol. The van der Waals surface area contributed by atoms with E-state index in [0.717, 1.165) is 24.9 Å². The van der Waals surface area contributed by atoms with E-state index in [0.29, 0.717) is 45.3 Å². The molecule has 138 valence electrons. The standard InChI is InChI=1S/C17H27N5O3/c1-2-24-10-14-19-20-16(22(14)7-12-3-4-12)21-8-13-9-25-6-5-17(13,11-21)15(18)23/h12-13H,2-11H2,1H3,(H2,18,23)/t13-,17+/m1/s1. The molecule has 1 aromatic heterocycles. The summed E-state index contributed by atoms with van der Waals surface area (Å²) in [5.41, 5.74) is 5.29. The summed E-state index contributed by atoms with van der Waals surface area (Å²) in [5, 5.41) is 8.81. The Morgan fingerprint density at radius 2 is 2.28 bits per heavy atom. The molecular weight excluding hydrogens is 322 g/mol. The lowest BCUT2D eigenvalue weighted by Crippen LogP contribution is -2.48. The molecule has 4 rings (SSSR count). The van der Waals surface area contributed by atoms with E-state index >= 15 is 0 Å². The van der Waals surface area contributed by atoms with Crippen molar-refractivity contribution in [3.05, 3.63) is 5.82 Å². The van der Waals surface area contributed by atoms with Crippen LogP contribution in [0.2, 0.25) is 0 Å². The van der Waals surface area contributed by atoms with Crippen LogP contribution in [0.1, 0.15) is 32.0 Å². The van der Waals surface area contributed by atoms with Gasteiger partial charge < -0.3 is 20.1 Å². The quantitative estimate of drug-likeness (QED) is 0.772. The number of fused-ring (bicyclic) bond motifs is 1. The minimum atomic E-state index is -0.505. The predicted molar refractivity (Wildman–Crippen MR) is 90.8 cm³/mol. The number of primary amides is 1. The lowest BCUT2D eigenvalue weighted by atomic mass is 9.74. The summed E-state index contributed by atoms with van der Waals surface area (Å²) in [4.78, 5) is 14.4. The first-order chi connectivity index (χ1) is 12.1. The van der Waals surface area contributed by atoms with E-state index in [2.05, 4.69) is 19.7 Å². The Morgan fingerprint density at radius 1 is 1.44 bits per heavy atom. The summed E-state index contributed by atoms with van der Waals surface area (Å²) in [6.07, 6.45) is 3.20. The molecule has 2 saturated heterocycles. The number of nitrogens with two attached hydrogens (primary N) is 1. The normalized spacial score (nSPS) is 29.0. The molecule has 1 amide bonds. The van der Waals surface area contributed by atoms with Crippen molar-refractivity contribution in [2.75, 3.05) is 37.8 Å². The number of carbonyl (C=O) groups excluding carboxylic acids is 1. The van der Waals surface area contributed by atoms with Crippen LogP contribution in [0, 0.1) is 17.3 Å². The zero-order valence-corrected chi connectivity index (χ0v) is 14.8. The fraction of sp³-hybridized carbons (Fsp3) is 0.824. The van der Waals surface area contributed by atoms with E-state index in [-0.39, 0.29) is 11.8 Å². The van der Waals surface area contributed by atoms with Crippen LogP contribution in [0.25, 0.3) is 0 Å². The number of nitrogens with zero attached hydrogens (tertiary/aromatic N) is 4. The highest BCUT2D eigenvalue weighted by Crippen LogP contribution is 2.43. The van der Waals surface area contributed by atoms with Crippen LogP contribution in [0.3, 0.4) is 0 Å². The zero-order valence-electron chi connectivity index (χ0n) is 14.8. The molecule has 0 spiro atoms. The van der Waals surface area contributed by atoms with Crippen LogP contribution in [0.5, 0.6) is 0 Å². The summed E-state index contributed by atoms with van der Waals surface area (Å²) >= 11 is 0. The maximum Gasteiger partial charge on any atom is 0.227 e. The molecule has 0 aromatic carbocycles. The molecule has 0 bridgehead atoms. The van der Waals surface area contributed by atoms with E-state index in [1.807, 2.05) is 6.92 Å². The lowest BCUT2D eigenvalue weighted by Gasteiger charge is -2.35. The number of anilines is 1. The van der Waals surface area contributed by atoms with Crippen molar-refractivity contribution in [2.45, 2.75) is 39.3 Å². The molecule has 1 aromatic rings. The third-order valence-corrected chi connectivity index (χ3v) is 5.86. The van der Waals surface area contributed by atoms with Gasteiger partial charge in [0.25, 0.3) is 0 Å². The van der Waals surface area contributed by atoms with Gasteiger partial charge in [-0.3, -0.25) is 9.36 Å². The molecule has 0 radical (unpaired) electrons. The van der Waals surface area contributed by atoms with Crippen LogP contribution in [0.4, 0.5) is 5.95 Å². The summed E-state index contributed by atoms with van der Waals surface area (Å²) in [7, 11) is 0. The van der Waals surface area contributed by atoms with Crippen LogP contribution >= 0.6 is 0 Å². The van der Waals surface area contributed by atoms with Crippen molar-refractivity contribution in [2.24, 2.45) is 23.0 Å². The molecule has 2 atom stereocenters. The van der Waals surface area contributed by atoms with E-state index in [4.69, 9.17) is 15.2 Å². The fourth-order valence-electron chi connectivity index (χ4n) is 4.11. The molecule has 3 aliphatic rings. The molecule has 8 nitrogen and oxygen atoms in total. The number of ether oxygens (including phenoxy) is 2. The third kappa shape index (κ3) is 3.01. The van der Waals surface area contributed by atoms with Crippen LogP contribution in [-0.4, -0.2) is 53.6 Å². The third-order valence-electron chi connectivity index (χ3n) is 5.86. The molecular formula is C17H27N5O3. The van der Waals surface area contributed by atoms with Gasteiger partial charge in [0.1, 0.15) is 6.61 Å². The smallest absolute Gasteiger partial charge is 0.227 e. The van der Waals surface area contributed by atoms with Gasteiger partial charge in [-0.05, 0) is 32.1 Å². The Bertz CT molecular complexity index is 644. The van der Waals surface area contributed by atoms with Crippen LogP contribution < -0.4 is 10.6 Å². The Kier molecular flexibility index (Phi) is 4.41. The van der Waals surface area contributed by atoms with Crippen molar-refractivity contribution >= 4 is 11.9 Å². The van der Waals surface area contributed by atoms with Gasteiger partial charge in [-0.25, -0.2) is 0 Å². The Hall–Kier alpha value is -1.67. The first kappa shape index (κ1) is 16.8. The second kappa shape index (κ2) is 6.57. The number of aromatic nitrogens is 3. The van der Waals surface area contributed by atoms with Gasteiger partial charge in [0.05, 0.1) is 12.0 Å². The highest BCUT2D eigenvalue weighted by molar-refractivity contribution is 5.83. The second-order valence-corrected chi connectivity index (χ2v) is 7.53. The summed E-state index contributed by atoms with van der Waals surface area (Å²) in [5.74, 6) is 2.32. The van der Waals surface area contributed by atoms with Crippen molar-refractivity contribution in [1.82, 2.24) is 14.8 Å². The monoisotopic (exact) mass is 349 g/mol. The predicted octanol–water partition coefficient (Wildman–Crippen LogP) is 0.553. The van der Waals surface area contributed by atoms with Gasteiger partial charge in [-0.1, -0.05) is 0 Å². The molecule has 1 saturated carbocycles. The fourth-order valence-corrected chi connectivity index (χ4v) is 4.11. The summed E-state index contributed by atoms with van der Waals surface area (Å²) < 4.78 is 13.3. The lowest BCUT2D eigenvalue weighted by molar-refractivity contribution is -0.135. The molecule has 2 N–H and O–H groups in total. The Labute approximate surface area is 147 Å². The van der Waals surface area contributed by atoms with Crippen LogP contribution in [0.15, 0.2) is 0 Å². The number of hydrogen-bond donors (Lipinski definition) is 1. The number of rotatable bonds is 7. The minimum absolute atomic E-state index is 0.125. The molecule has 2 aliphatic heterocycles. The van der Waals surface area contributed by atoms with Gasteiger partial charge in [-0.2, -0.15) is 0 Å². The molecule has 25 heavy (non-hydrogen) atoms. The van der Waals surface area contributed by atoms with E-state index in [9.17, 15) is 4.79 Å². The van der Waals surface area contributed by atoms with Gasteiger partial charge >= 0.3 is 0 Å². The molecule has 0 unspecified atom stereocenters. The second-order valence-electron chi connectivity index (χ2n) is 7.53. The highest BCUT2D eigenvalue weighted by atomic mass is 16.5. The SMILES string of the molecule is CCOCc1nnc(N2C[C@@H]3COCC[C@]3(C(N)=O)C2)n1CC1CC1. The largest absolute Gasteiger partial charge is 0.381 e. The minimum Gasteiger partial charge on any atom is -0.381 e. The summed E-state index contributed by atoms with van der Waals surface area (Å²) in [6, 6.07) is 0. The molecule has 3 fully saturated rings. The van der Waals surface area contributed by atoms with Gasteiger partial charge in [-0.15, -0.1) is 10.2 Å². The van der Waals surface area contributed by atoms with Gasteiger partial charge in [0.15, 0.2) is 5.82 Å². The van der Waals surface area contributed by atoms with E-state index < -0.39 is 5.41 Å². The topological polar surface area (TPSA) is 95.5 Å². The number of carbonyl (C=O) groups is 1. The Balaban J connectivity index is 1.60. The maximum absolute atomic E-state index is 12.2. The maximum atomic E-state index is 12.2. The first-order valence-corrected chi connectivity index (χ1v) is 9.26. The number of hydrogen-bond acceptors (Lipinski definition) is 6. The molecule has 1 aliphatic carbocycles. The van der Waals surface area contributed by atoms with Crippen LogP contribution in [-0.2, 0) is 27.4 Å². The van der Waals surface area contributed by atoms with Crippen molar-refractivity contribution in [1.29, 1.82) is 0 Å². The number of amides is 1. The van der Waals surface area contributed by atoms with Crippen molar-refractivity contribution in [3.8, 4) is 0 Å².